The zero-order chi connectivity index (χ0) is 16.4. The monoisotopic (exact) mass is 315 g/mol. The molecular weight excluding hydrogens is 294 g/mol. The highest BCUT2D eigenvalue weighted by Crippen LogP contribution is 2.35. The summed E-state index contributed by atoms with van der Waals surface area (Å²) in [5.41, 5.74) is 0.730. The second-order valence-electron chi connectivity index (χ2n) is 6.04. The van der Waals surface area contributed by atoms with Crippen molar-refractivity contribution < 1.29 is 14.6 Å². The van der Waals surface area contributed by atoms with Crippen molar-refractivity contribution in [3.05, 3.63) is 39.7 Å². The first-order valence-electron chi connectivity index (χ1n) is 8.17. The Morgan fingerprint density at radius 2 is 2.04 bits per heavy atom. The van der Waals surface area contributed by atoms with Crippen LogP contribution in [-0.4, -0.2) is 22.7 Å². The first-order valence-corrected chi connectivity index (χ1v) is 8.17. The lowest BCUT2D eigenvalue weighted by Gasteiger charge is -2.22. The van der Waals surface area contributed by atoms with Gasteiger partial charge in [-0.25, -0.2) is 4.79 Å². The van der Waals surface area contributed by atoms with E-state index in [0.29, 0.717) is 16.8 Å². The maximum Gasteiger partial charge on any atom is 0.347 e. The molecule has 5 nitrogen and oxygen atoms in total. The van der Waals surface area contributed by atoms with Gasteiger partial charge < -0.3 is 14.8 Å². The fraction of sp³-hybridized carbons (Fsp3) is 0.444. The number of aromatic nitrogens is 1. The minimum atomic E-state index is -0.795. The third-order valence-electron chi connectivity index (χ3n) is 4.57. The normalized spacial score (nSPS) is 15.7. The van der Waals surface area contributed by atoms with E-state index in [1.54, 1.807) is 13.0 Å². The van der Waals surface area contributed by atoms with Crippen molar-refractivity contribution in [2.75, 3.05) is 6.61 Å². The van der Waals surface area contributed by atoms with Gasteiger partial charge in [0.15, 0.2) is 5.56 Å². The Kier molecular flexibility index (Phi) is 4.37. The van der Waals surface area contributed by atoms with Gasteiger partial charge in [-0.1, -0.05) is 25.3 Å². The molecule has 0 atom stereocenters. The van der Waals surface area contributed by atoms with E-state index in [1.165, 1.54) is 19.3 Å². The van der Waals surface area contributed by atoms with Crippen LogP contribution < -0.4 is 5.56 Å². The molecule has 0 saturated heterocycles. The number of ether oxygens (including phenoxy) is 1. The summed E-state index contributed by atoms with van der Waals surface area (Å²) >= 11 is 0. The number of H-pyrrole nitrogens is 1. The zero-order valence-corrected chi connectivity index (χ0v) is 13.2. The maximum absolute atomic E-state index is 12.0. The van der Waals surface area contributed by atoms with Crippen molar-refractivity contribution in [3.8, 4) is 5.75 Å². The molecule has 0 radical (unpaired) electrons. The Hall–Kier alpha value is -2.30. The molecule has 2 N–H and O–H groups in total. The average Bonchev–Trinajstić information content (AvgIpc) is 2.56. The molecule has 3 rings (SSSR count). The van der Waals surface area contributed by atoms with E-state index in [-0.39, 0.29) is 17.9 Å². The van der Waals surface area contributed by atoms with Crippen molar-refractivity contribution in [3.63, 3.8) is 0 Å². The fourth-order valence-electron chi connectivity index (χ4n) is 3.38. The standard InChI is InChI=1S/C18H21NO4/c1-2-23-18(22)15-16(20)13-10-12(11-6-4-3-5-7-11)8-9-14(13)19-17(15)21/h8-11H,2-7H2,1H3,(H2,19,20,21). The first kappa shape index (κ1) is 15.6. The van der Waals surface area contributed by atoms with E-state index >= 15 is 0 Å². The number of carbonyl (C=O) groups is 1. The van der Waals surface area contributed by atoms with Gasteiger partial charge in [-0.05, 0) is 43.4 Å². The summed E-state index contributed by atoms with van der Waals surface area (Å²) in [4.78, 5) is 26.6. The van der Waals surface area contributed by atoms with Gasteiger partial charge in [0.05, 0.1) is 12.1 Å². The molecule has 5 heteroatoms. The number of fused-ring (bicyclic) bond motifs is 1. The van der Waals surface area contributed by atoms with Crippen LogP contribution in [0.15, 0.2) is 23.0 Å². The van der Waals surface area contributed by atoms with Crippen molar-refractivity contribution >= 4 is 16.9 Å². The minimum absolute atomic E-state index is 0.151. The van der Waals surface area contributed by atoms with Crippen LogP contribution in [0.25, 0.3) is 10.9 Å². The second-order valence-corrected chi connectivity index (χ2v) is 6.04. The van der Waals surface area contributed by atoms with Crippen LogP contribution in [0.3, 0.4) is 0 Å². The van der Waals surface area contributed by atoms with Gasteiger partial charge >= 0.3 is 5.97 Å². The summed E-state index contributed by atoms with van der Waals surface area (Å²) in [5, 5.41) is 10.9. The first-order chi connectivity index (χ1) is 11.1. The van der Waals surface area contributed by atoms with Crippen LogP contribution in [-0.2, 0) is 4.74 Å². The minimum Gasteiger partial charge on any atom is -0.506 e. The molecule has 1 aromatic carbocycles. The lowest BCUT2D eigenvalue weighted by atomic mass is 9.83. The molecule has 0 aliphatic heterocycles. The van der Waals surface area contributed by atoms with E-state index < -0.39 is 11.5 Å². The molecule has 122 valence electrons. The van der Waals surface area contributed by atoms with Gasteiger partial charge in [0, 0.05) is 5.39 Å². The molecule has 0 bridgehead atoms. The molecule has 23 heavy (non-hydrogen) atoms. The summed E-state index contributed by atoms with van der Waals surface area (Å²) in [6.07, 6.45) is 5.99. The van der Waals surface area contributed by atoms with Crippen LogP contribution in [0.4, 0.5) is 0 Å². The molecule has 1 saturated carbocycles. The molecule has 1 fully saturated rings. The SMILES string of the molecule is CCOC(=O)c1c(O)c2cc(C3CCCCC3)ccc2[nH]c1=O. The van der Waals surface area contributed by atoms with Gasteiger partial charge in [0.25, 0.3) is 5.56 Å². The summed E-state index contributed by atoms with van der Waals surface area (Å²) in [6.45, 7) is 1.81. The number of aromatic amines is 1. The van der Waals surface area contributed by atoms with Gasteiger partial charge in [-0.15, -0.1) is 0 Å². The highest BCUT2D eigenvalue weighted by atomic mass is 16.5. The van der Waals surface area contributed by atoms with Crippen LogP contribution >= 0.6 is 0 Å². The molecule has 1 aliphatic carbocycles. The lowest BCUT2D eigenvalue weighted by molar-refractivity contribution is 0.0521. The molecule has 0 unspecified atom stereocenters. The Labute approximate surface area is 134 Å². The van der Waals surface area contributed by atoms with E-state index in [9.17, 15) is 14.7 Å². The average molecular weight is 315 g/mol. The van der Waals surface area contributed by atoms with Gasteiger partial charge in [-0.3, -0.25) is 4.79 Å². The third-order valence-corrected chi connectivity index (χ3v) is 4.57. The number of hydrogen-bond acceptors (Lipinski definition) is 4. The van der Waals surface area contributed by atoms with Crippen LogP contribution in [0, 0.1) is 0 Å². The van der Waals surface area contributed by atoms with Crippen LogP contribution in [0.5, 0.6) is 5.75 Å². The summed E-state index contributed by atoms with van der Waals surface area (Å²) in [5.74, 6) is -0.610. The maximum atomic E-state index is 12.0. The van der Waals surface area contributed by atoms with E-state index in [0.717, 1.165) is 18.4 Å². The largest absolute Gasteiger partial charge is 0.506 e. The number of aromatic hydroxyl groups is 1. The summed E-state index contributed by atoms with van der Waals surface area (Å²) in [6, 6.07) is 5.69. The van der Waals surface area contributed by atoms with Crippen LogP contribution in [0.2, 0.25) is 0 Å². The number of esters is 1. The summed E-state index contributed by atoms with van der Waals surface area (Å²) in [7, 11) is 0. The molecular formula is C18H21NO4. The Bertz CT molecular complexity index is 787. The number of rotatable bonds is 3. The van der Waals surface area contributed by atoms with Crippen molar-refractivity contribution in [2.24, 2.45) is 0 Å². The highest BCUT2D eigenvalue weighted by Gasteiger charge is 2.22. The smallest absolute Gasteiger partial charge is 0.347 e. The van der Waals surface area contributed by atoms with Crippen molar-refractivity contribution in [1.82, 2.24) is 4.98 Å². The zero-order valence-electron chi connectivity index (χ0n) is 13.2. The number of nitrogens with one attached hydrogen (secondary N) is 1. The highest BCUT2D eigenvalue weighted by molar-refractivity contribution is 5.99. The molecule has 0 amide bonds. The van der Waals surface area contributed by atoms with Gasteiger partial charge in [0.2, 0.25) is 0 Å². The number of benzene rings is 1. The van der Waals surface area contributed by atoms with E-state index in [4.69, 9.17) is 4.74 Å². The van der Waals surface area contributed by atoms with E-state index in [1.807, 2.05) is 12.1 Å². The fourth-order valence-corrected chi connectivity index (χ4v) is 3.38. The topological polar surface area (TPSA) is 79.4 Å². The Morgan fingerprint density at radius 3 is 2.74 bits per heavy atom. The molecule has 1 aromatic heterocycles. The third kappa shape index (κ3) is 2.96. The summed E-state index contributed by atoms with van der Waals surface area (Å²) < 4.78 is 4.87. The molecule has 2 aromatic rings. The Morgan fingerprint density at radius 1 is 1.30 bits per heavy atom. The van der Waals surface area contributed by atoms with E-state index in [2.05, 4.69) is 4.98 Å². The van der Waals surface area contributed by atoms with Gasteiger partial charge in [-0.2, -0.15) is 0 Å². The van der Waals surface area contributed by atoms with Gasteiger partial charge in [0.1, 0.15) is 5.75 Å². The molecule has 1 heterocycles. The molecule has 1 aliphatic rings. The number of carbonyl (C=O) groups excluding carboxylic acids is 1. The van der Waals surface area contributed by atoms with Crippen molar-refractivity contribution in [2.45, 2.75) is 44.9 Å². The Balaban J connectivity index is 2.10. The lowest BCUT2D eigenvalue weighted by Crippen LogP contribution is -2.20. The quantitative estimate of drug-likeness (QED) is 0.850. The van der Waals surface area contributed by atoms with Crippen LogP contribution in [0.1, 0.15) is 60.9 Å². The predicted molar refractivity (Wildman–Crippen MR) is 88.0 cm³/mol. The second kappa shape index (κ2) is 6.44. The van der Waals surface area contributed by atoms with Crippen molar-refractivity contribution in [1.29, 1.82) is 0 Å². The number of pyridine rings is 1. The molecule has 0 spiro atoms. The predicted octanol–water partition coefficient (Wildman–Crippen LogP) is 3.46. The number of hydrogen-bond donors (Lipinski definition) is 2.